The summed E-state index contributed by atoms with van der Waals surface area (Å²) in [6.07, 6.45) is 5.86. The van der Waals surface area contributed by atoms with Crippen molar-refractivity contribution in [3.63, 3.8) is 0 Å². The molecule has 3 rings (SSSR count). The smallest absolute Gasteiger partial charge is 0.338 e. The van der Waals surface area contributed by atoms with Gasteiger partial charge in [-0.15, -0.1) is 0 Å². The van der Waals surface area contributed by atoms with Crippen molar-refractivity contribution in [2.75, 3.05) is 32.2 Å². The number of hydrogen-bond donors (Lipinski definition) is 2. The number of benzene rings is 2. The molecule has 0 aliphatic heterocycles. The number of carbonyl (C=O) groups is 3. The molecule has 0 aromatic heterocycles. The van der Waals surface area contributed by atoms with Gasteiger partial charge in [-0.25, -0.2) is 9.18 Å². The number of halogens is 1. The fourth-order valence-electron chi connectivity index (χ4n) is 3.70. The topological polar surface area (TPSA) is 103 Å². The molecule has 2 N–H and O–H groups in total. The molecule has 0 saturated heterocycles. The van der Waals surface area contributed by atoms with E-state index in [2.05, 4.69) is 10.6 Å². The molecule has 8 nitrogen and oxygen atoms in total. The number of methoxy groups -OCH3 is 1. The molecule has 0 heterocycles. The molecule has 0 atom stereocenters. The van der Waals surface area contributed by atoms with Crippen LogP contribution in [0.15, 0.2) is 42.5 Å². The van der Waals surface area contributed by atoms with Crippen molar-refractivity contribution < 1.29 is 33.0 Å². The lowest BCUT2D eigenvalue weighted by Crippen LogP contribution is -2.33. The number of rotatable bonds is 10. The van der Waals surface area contributed by atoms with E-state index in [1.165, 1.54) is 68.8 Å². The third kappa shape index (κ3) is 7.75. The van der Waals surface area contributed by atoms with Crippen molar-refractivity contribution in [2.24, 2.45) is 5.92 Å². The Hall–Kier alpha value is -3.62. The highest BCUT2D eigenvalue weighted by molar-refractivity contribution is 5.93. The van der Waals surface area contributed by atoms with Gasteiger partial charge in [-0.05, 0) is 61.2 Å². The Kier molecular flexibility index (Phi) is 9.25. The van der Waals surface area contributed by atoms with Gasteiger partial charge >= 0.3 is 5.97 Å². The monoisotopic (exact) mass is 472 g/mol. The highest BCUT2D eigenvalue weighted by atomic mass is 19.1. The van der Waals surface area contributed by atoms with Crippen LogP contribution in [0.3, 0.4) is 0 Å². The quantitative estimate of drug-likeness (QED) is 0.511. The number of ether oxygens (including phenoxy) is 3. The predicted octanol–water partition coefficient (Wildman–Crippen LogP) is 3.71. The minimum atomic E-state index is -0.674. The van der Waals surface area contributed by atoms with E-state index in [-0.39, 0.29) is 36.2 Å². The number of esters is 1. The maximum Gasteiger partial charge on any atom is 0.338 e. The maximum atomic E-state index is 13.0. The Morgan fingerprint density at radius 2 is 1.68 bits per heavy atom. The molecule has 0 unspecified atom stereocenters. The average Bonchev–Trinajstić information content (AvgIpc) is 2.86. The molecule has 2 aromatic rings. The second-order valence-corrected chi connectivity index (χ2v) is 8.09. The summed E-state index contributed by atoms with van der Waals surface area (Å²) in [7, 11) is 1.40. The Morgan fingerprint density at radius 3 is 2.38 bits per heavy atom. The van der Waals surface area contributed by atoms with Crippen LogP contribution in [-0.2, 0) is 14.3 Å². The number of anilines is 1. The Bertz CT molecular complexity index is 989. The zero-order valence-electron chi connectivity index (χ0n) is 19.1. The lowest BCUT2D eigenvalue weighted by atomic mass is 9.89. The fourth-order valence-corrected chi connectivity index (χ4v) is 3.70. The molecule has 1 aliphatic rings. The van der Waals surface area contributed by atoms with Crippen LogP contribution in [-0.4, -0.2) is 44.7 Å². The molecule has 2 aromatic carbocycles. The SMILES string of the molecule is COc1cc(C(=O)OCC(=O)NCC2CCCCC2)ccc1OCC(=O)Nc1ccc(F)cc1. The Labute approximate surface area is 197 Å². The molecule has 1 aliphatic carbocycles. The number of carbonyl (C=O) groups excluding carboxylic acids is 3. The molecule has 0 bridgehead atoms. The van der Waals surface area contributed by atoms with Crippen LogP contribution in [0.25, 0.3) is 0 Å². The Morgan fingerprint density at radius 1 is 0.941 bits per heavy atom. The average molecular weight is 473 g/mol. The first-order chi connectivity index (χ1) is 16.4. The minimum Gasteiger partial charge on any atom is -0.493 e. The van der Waals surface area contributed by atoms with Gasteiger partial charge in [-0.2, -0.15) is 0 Å². The predicted molar refractivity (Wildman–Crippen MR) is 123 cm³/mol. The van der Waals surface area contributed by atoms with Gasteiger partial charge in [0.15, 0.2) is 24.7 Å². The van der Waals surface area contributed by atoms with Gasteiger partial charge in [0, 0.05) is 12.2 Å². The van der Waals surface area contributed by atoms with E-state index in [0.29, 0.717) is 18.2 Å². The van der Waals surface area contributed by atoms with Crippen molar-refractivity contribution in [3.8, 4) is 11.5 Å². The third-order valence-electron chi connectivity index (χ3n) is 5.53. The summed E-state index contributed by atoms with van der Waals surface area (Å²) >= 11 is 0. The van der Waals surface area contributed by atoms with Crippen LogP contribution in [0.2, 0.25) is 0 Å². The van der Waals surface area contributed by atoms with Crippen molar-refractivity contribution in [1.29, 1.82) is 0 Å². The van der Waals surface area contributed by atoms with Crippen molar-refractivity contribution in [2.45, 2.75) is 32.1 Å². The normalized spacial score (nSPS) is 13.6. The van der Waals surface area contributed by atoms with Gasteiger partial charge < -0.3 is 24.8 Å². The Balaban J connectivity index is 1.46. The van der Waals surface area contributed by atoms with Gasteiger partial charge in [0.05, 0.1) is 12.7 Å². The van der Waals surface area contributed by atoms with Crippen LogP contribution in [0.4, 0.5) is 10.1 Å². The van der Waals surface area contributed by atoms with E-state index in [4.69, 9.17) is 14.2 Å². The van der Waals surface area contributed by atoms with Crippen LogP contribution in [0, 0.1) is 11.7 Å². The zero-order valence-corrected chi connectivity index (χ0v) is 19.1. The lowest BCUT2D eigenvalue weighted by molar-refractivity contribution is -0.124. The van der Waals surface area contributed by atoms with Crippen molar-refractivity contribution in [1.82, 2.24) is 5.32 Å². The first-order valence-electron chi connectivity index (χ1n) is 11.2. The van der Waals surface area contributed by atoms with Gasteiger partial charge in [-0.3, -0.25) is 9.59 Å². The standard InChI is InChI=1S/C25H29FN2O6/c1-32-22-13-18(25(31)34-15-23(29)27-14-17-5-3-2-4-6-17)7-12-21(22)33-16-24(30)28-20-10-8-19(26)9-11-20/h7-13,17H,2-6,14-16H2,1H3,(H,27,29)(H,28,30). The number of nitrogens with one attached hydrogen (secondary N) is 2. The van der Waals surface area contributed by atoms with Gasteiger partial charge in [0.2, 0.25) is 0 Å². The van der Waals surface area contributed by atoms with Crippen LogP contribution >= 0.6 is 0 Å². The van der Waals surface area contributed by atoms with E-state index in [9.17, 15) is 18.8 Å². The molecular weight excluding hydrogens is 443 g/mol. The molecule has 182 valence electrons. The van der Waals surface area contributed by atoms with E-state index in [1.54, 1.807) is 0 Å². The summed E-state index contributed by atoms with van der Waals surface area (Å²) in [5.41, 5.74) is 0.614. The summed E-state index contributed by atoms with van der Waals surface area (Å²) in [5.74, 6) is -0.897. The third-order valence-corrected chi connectivity index (χ3v) is 5.53. The highest BCUT2D eigenvalue weighted by Gasteiger charge is 2.17. The zero-order chi connectivity index (χ0) is 24.3. The first kappa shape index (κ1) is 25.0. The van der Waals surface area contributed by atoms with Gasteiger partial charge in [-0.1, -0.05) is 19.3 Å². The summed E-state index contributed by atoms with van der Waals surface area (Å²) in [4.78, 5) is 36.4. The van der Waals surface area contributed by atoms with Crippen LogP contribution in [0.5, 0.6) is 11.5 Å². The van der Waals surface area contributed by atoms with Crippen molar-refractivity contribution in [3.05, 3.63) is 53.8 Å². The summed E-state index contributed by atoms with van der Waals surface area (Å²) in [5, 5.41) is 5.40. The first-order valence-corrected chi connectivity index (χ1v) is 11.2. The van der Waals surface area contributed by atoms with Crippen LogP contribution < -0.4 is 20.1 Å². The summed E-state index contributed by atoms with van der Waals surface area (Å²) < 4.78 is 28.8. The largest absolute Gasteiger partial charge is 0.493 e. The van der Waals surface area contributed by atoms with E-state index >= 15 is 0 Å². The summed E-state index contributed by atoms with van der Waals surface area (Å²) in [6.45, 7) is -0.0840. The second kappa shape index (κ2) is 12.6. The van der Waals surface area contributed by atoms with E-state index < -0.39 is 17.7 Å². The summed E-state index contributed by atoms with van der Waals surface area (Å²) in [6, 6.07) is 9.68. The fraction of sp³-hybridized carbons (Fsp3) is 0.400. The molecule has 0 radical (unpaired) electrons. The number of hydrogen-bond acceptors (Lipinski definition) is 6. The van der Waals surface area contributed by atoms with Gasteiger partial charge in [0.25, 0.3) is 11.8 Å². The molecule has 1 saturated carbocycles. The number of amides is 2. The van der Waals surface area contributed by atoms with Crippen molar-refractivity contribution >= 4 is 23.5 Å². The molecule has 0 spiro atoms. The minimum absolute atomic E-state index is 0.181. The molecule has 9 heteroatoms. The molecular formula is C25H29FN2O6. The molecule has 34 heavy (non-hydrogen) atoms. The van der Waals surface area contributed by atoms with Gasteiger partial charge in [0.1, 0.15) is 5.82 Å². The molecule has 1 fully saturated rings. The molecule has 2 amide bonds. The van der Waals surface area contributed by atoms with Crippen LogP contribution in [0.1, 0.15) is 42.5 Å². The van der Waals surface area contributed by atoms with E-state index in [0.717, 1.165) is 12.8 Å². The second-order valence-electron chi connectivity index (χ2n) is 8.09. The lowest BCUT2D eigenvalue weighted by Gasteiger charge is -2.21. The maximum absolute atomic E-state index is 13.0. The highest BCUT2D eigenvalue weighted by Crippen LogP contribution is 2.28. The van der Waals surface area contributed by atoms with E-state index in [1.807, 2.05) is 0 Å².